The van der Waals surface area contributed by atoms with Gasteiger partial charge in [0.1, 0.15) is 5.69 Å². The van der Waals surface area contributed by atoms with E-state index in [1.54, 1.807) is 6.82 Å². The van der Waals surface area contributed by atoms with Crippen LogP contribution in [0.5, 0.6) is 0 Å². The molecule has 28 heavy (non-hydrogen) atoms. The number of hydrogen-bond acceptors (Lipinski definition) is 5. The normalized spacial score (nSPS) is 13.0. The Hall–Kier alpha value is -2.54. The number of carbonyl (C=O) groups excluding carboxylic acids is 2. The minimum absolute atomic E-state index is 0.0353. The summed E-state index contributed by atoms with van der Waals surface area (Å²) in [5.41, 5.74) is 1.23. The Labute approximate surface area is 166 Å². The third kappa shape index (κ3) is 6.89. The zero-order chi connectivity index (χ0) is 20.5. The summed E-state index contributed by atoms with van der Waals surface area (Å²) in [7, 11) is 0. The van der Waals surface area contributed by atoms with Crippen LogP contribution in [0.2, 0.25) is 6.82 Å². The molecule has 0 saturated carbocycles. The van der Waals surface area contributed by atoms with Gasteiger partial charge in [0.05, 0.1) is 6.20 Å². The molecule has 1 amide bonds. The molecule has 2 rings (SSSR count). The van der Waals surface area contributed by atoms with Crippen molar-refractivity contribution in [3.8, 4) is 0 Å². The second-order valence-electron chi connectivity index (χ2n) is 7.59. The Morgan fingerprint density at radius 3 is 2.46 bits per heavy atom. The summed E-state index contributed by atoms with van der Waals surface area (Å²) in [6, 6.07) is 9.61. The Morgan fingerprint density at radius 1 is 1.18 bits per heavy atom. The predicted molar refractivity (Wildman–Crippen MR) is 110 cm³/mol. The van der Waals surface area contributed by atoms with E-state index in [2.05, 4.69) is 15.3 Å². The van der Waals surface area contributed by atoms with Crippen molar-refractivity contribution in [2.24, 2.45) is 11.8 Å². The zero-order valence-electron chi connectivity index (χ0n) is 16.7. The van der Waals surface area contributed by atoms with E-state index in [-0.39, 0.29) is 29.7 Å². The summed E-state index contributed by atoms with van der Waals surface area (Å²) in [5.74, 6) is -1.02. The number of hydrogen-bond donors (Lipinski definition) is 2. The minimum Gasteiger partial charge on any atom is -0.449 e. The van der Waals surface area contributed by atoms with Crippen LogP contribution < -0.4 is 5.32 Å². The Kier molecular flexibility index (Phi) is 8.32. The fourth-order valence-electron chi connectivity index (χ4n) is 3.11. The number of nitrogens with one attached hydrogen (secondary N) is 1. The highest BCUT2D eigenvalue weighted by Crippen LogP contribution is 2.17. The van der Waals surface area contributed by atoms with Crippen LogP contribution in [0.4, 0.5) is 0 Å². The molecule has 1 aromatic carbocycles. The van der Waals surface area contributed by atoms with Gasteiger partial charge in [0, 0.05) is 30.7 Å². The molecule has 6 nitrogen and oxygen atoms in total. The fourth-order valence-corrected chi connectivity index (χ4v) is 3.11. The van der Waals surface area contributed by atoms with Gasteiger partial charge in [0.15, 0.2) is 5.78 Å². The SMILES string of the molecule is CB(O)[C@H](CC(C)C)NC(=O)C(CC(=O)c1cnccn1)Cc1ccccc1. The Bertz CT molecular complexity index is 754. The first-order valence-electron chi connectivity index (χ1n) is 9.68. The summed E-state index contributed by atoms with van der Waals surface area (Å²) >= 11 is 0. The van der Waals surface area contributed by atoms with Crippen LogP contribution in [-0.2, 0) is 11.2 Å². The zero-order valence-corrected chi connectivity index (χ0v) is 16.7. The number of Topliss-reactive ketones (excluding diaryl/α,β-unsaturated/α-hetero) is 1. The topological polar surface area (TPSA) is 92.2 Å². The highest BCUT2D eigenvalue weighted by atomic mass is 16.2. The van der Waals surface area contributed by atoms with Crippen LogP contribution in [0.15, 0.2) is 48.9 Å². The van der Waals surface area contributed by atoms with Crippen LogP contribution in [-0.4, -0.2) is 39.5 Å². The number of benzene rings is 1. The maximum absolute atomic E-state index is 13.0. The maximum Gasteiger partial charge on any atom is 0.308 e. The molecule has 0 radical (unpaired) electrons. The van der Waals surface area contributed by atoms with Crippen LogP contribution in [0.25, 0.3) is 0 Å². The average Bonchev–Trinajstić information content (AvgIpc) is 2.68. The van der Waals surface area contributed by atoms with Crippen molar-refractivity contribution in [2.45, 2.75) is 45.9 Å². The van der Waals surface area contributed by atoms with Crippen LogP contribution in [0, 0.1) is 11.8 Å². The Balaban J connectivity index is 2.16. The van der Waals surface area contributed by atoms with E-state index in [0.717, 1.165) is 5.56 Å². The molecule has 1 unspecified atom stereocenters. The van der Waals surface area contributed by atoms with E-state index in [9.17, 15) is 14.6 Å². The summed E-state index contributed by atoms with van der Waals surface area (Å²) in [6.07, 6.45) is 5.52. The fraction of sp³-hybridized carbons (Fsp3) is 0.429. The lowest BCUT2D eigenvalue weighted by Gasteiger charge is -2.24. The first kappa shape index (κ1) is 21.8. The largest absolute Gasteiger partial charge is 0.449 e. The van der Waals surface area contributed by atoms with E-state index in [0.29, 0.717) is 18.8 Å². The summed E-state index contributed by atoms with van der Waals surface area (Å²) < 4.78 is 0. The first-order valence-corrected chi connectivity index (χ1v) is 9.68. The lowest BCUT2D eigenvalue weighted by Crippen LogP contribution is -2.48. The van der Waals surface area contributed by atoms with Crippen molar-refractivity contribution >= 4 is 18.6 Å². The molecule has 1 aromatic heterocycles. The predicted octanol–water partition coefficient (Wildman–Crippen LogP) is 2.59. The molecule has 7 heteroatoms. The lowest BCUT2D eigenvalue weighted by molar-refractivity contribution is -0.125. The van der Waals surface area contributed by atoms with Crippen molar-refractivity contribution in [1.29, 1.82) is 0 Å². The lowest BCUT2D eigenvalue weighted by atomic mass is 9.61. The van der Waals surface area contributed by atoms with Crippen LogP contribution in [0.1, 0.15) is 42.7 Å². The average molecular weight is 381 g/mol. The number of aromatic nitrogens is 2. The molecule has 148 valence electrons. The van der Waals surface area contributed by atoms with Gasteiger partial charge in [0.2, 0.25) is 5.91 Å². The van der Waals surface area contributed by atoms with E-state index in [1.165, 1.54) is 18.6 Å². The van der Waals surface area contributed by atoms with Crippen LogP contribution in [0.3, 0.4) is 0 Å². The number of rotatable bonds is 10. The van der Waals surface area contributed by atoms with Gasteiger partial charge in [0.25, 0.3) is 0 Å². The number of amides is 1. The molecule has 2 atom stereocenters. The number of carbonyl (C=O) groups is 2. The molecule has 0 aliphatic carbocycles. The quantitative estimate of drug-likeness (QED) is 0.488. The second-order valence-corrected chi connectivity index (χ2v) is 7.59. The summed E-state index contributed by atoms with van der Waals surface area (Å²) in [5, 5.41) is 13.0. The molecule has 0 fully saturated rings. The smallest absolute Gasteiger partial charge is 0.308 e. The highest BCUT2D eigenvalue weighted by Gasteiger charge is 2.28. The minimum atomic E-state index is -0.667. The van der Waals surface area contributed by atoms with E-state index in [4.69, 9.17) is 0 Å². The van der Waals surface area contributed by atoms with Crippen molar-refractivity contribution in [3.63, 3.8) is 0 Å². The van der Waals surface area contributed by atoms with Gasteiger partial charge in [-0.1, -0.05) is 51.0 Å². The van der Waals surface area contributed by atoms with Gasteiger partial charge < -0.3 is 10.3 Å². The monoisotopic (exact) mass is 381 g/mol. The third-order valence-electron chi connectivity index (χ3n) is 4.61. The van der Waals surface area contributed by atoms with Gasteiger partial charge in [-0.05, 0) is 24.3 Å². The van der Waals surface area contributed by atoms with Gasteiger partial charge >= 0.3 is 6.92 Å². The maximum atomic E-state index is 13.0. The van der Waals surface area contributed by atoms with Crippen molar-refractivity contribution in [2.75, 3.05) is 0 Å². The summed E-state index contributed by atoms with van der Waals surface area (Å²) in [6.45, 7) is 5.09. The Morgan fingerprint density at radius 2 is 1.89 bits per heavy atom. The third-order valence-corrected chi connectivity index (χ3v) is 4.61. The molecule has 2 aromatic rings. The number of nitrogens with zero attached hydrogens (tertiary/aromatic N) is 2. The van der Waals surface area contributed by atoms with Crippen molar-refractivity contribution < 1.29 is 14.6 Å². The molecule has 0 aliphatic rings. The van der Waals surface area contributed by atoms with Crippen LogP contribution >= 0.6 is 0 Å². The van der Waals surface area contributed by atoms with E-state index < -0.39 is 12.8 Å². The van der Waals surface area contributed by atoms with Crippen molar-refractivity contribution in [1.82, 2.24) is 15.3 Å². The molecule has 0 bridgehead atoms. The van der Waals surface area contributed by atoms with Crippen molar-refractivity contribution in [3.05, 3.63) is 60.2 Å². The molecular formula is C21H28BN3O3. The van der Waals surface area contributed by atoms with Gasteiger partial charge in [-0.25, -0.2) is 4.98 Å². The molecule has 0 saturated heterocycles. The van der Waals surface area contributed by atoms with Gasteiger partial charge in [-0.15, -0.1) is 0 Å². The molecule has 0 spiro atoms. The molecule has 2 N–H and O–H groups in total. The molecular weight excluding hydrogens is 353 g/mol. The second kappa shape index (κ2) is 10.7. The molecule has 1 heterocycles. The van der Waals surface area contributed by atoms with E-state index in [1.807, 2.05) is 44.2 Å². The molecule has 0 aliphatic heterocycles. The number of ketones is 1. The first-order chi connectivity index (χ1) is 13.4. The standard InChI is InChI=1S/C21H28BN3O3/c1-15(2)11-20(22(3)28)25-21(27)17(12-16-7-5-4-6-8-16)13-19(26)18-14-23-9-10-24-18/h4-10,14-15,17,20,28H,11-13H2,1-3H3,(H,25,27)/t17?,20-/m0/s1. The van der Waals surface area contributed by atoms with E-state index >= 15 is 0 Å². The highest BCUT2D eigenvalue weighted by molar-refractivity contribution is 6.51. The van der Waals surface area contributed by atoms with Gasteiger partial charge in [-0.3, -0.25) is 14.6 Å². The summed E-state index contributed by atoms with van der Waals surface area (Å²) in [4.78, 5) is 33.6. The van der Waals surface area contributed by atoms with Gasteiger partial charge in [-0.2, -0.15) is 0 Å².